The van der Waals surface area contributed by atoms with Gasteiger partial charge < -0.3 is 5.32 Å². The van der Waals surface area contributed by atoms with Crippen molar-refractivity contribution < 1.29 is 0 Å². The highest BCUT2D eigenvalue weighted by atomic mass is 15.0. The molecule has 0 bridgehead atoms. The molecule has 0 aliphatic carbocycles. The molecule has 0 saturated carbocycles. The van der Waals surface area contributed by atoms with Crippen molar-refractivity contribution in [2.24, 2.45) is 0 Å². The zero-order chi connectivity index (χ0) is 13.8. The minimum Gasteiger partial charge on any atom is -0.370 e. The van der Waals surface area contributed by atoms with Gasteiger partial charge >= 0.3 is 0 Å². The second-order valence-corrected chi connectivity index (χ2v) is 4.69. The summed E-state index contributed by atoms with van der Waals surface area (Å²) < 4.78 is 0. The number of nitrogens with one attached hydrogen (secondary N) is 1. The van der Waals surface area contributed by atoms with Crippen LogP contribution in [0.5, 0.6) is 0 Å². The van der Waals surface area contributed by atoms with E-state index in [1.54, 1.807) is 0 Å². The van der Waals surface area contributed by atoms with Gasteiger partial charge in [0.15, 0.2) is 5.82 Å². The summed E-state index contributed by atoms with van der Waals surface area (Å²) in [6.07, 6.45) is 1.05. The molecule has 0 amide bonds. The molecule has 1 N–H and O–H groups in total. The molecule has 1 heterocycles. The van der Waals surface area contributed by atoms with Gasteiger partial charge in [0.25, 0.3) is 0 Å². The van der Waals surface area contributed by atoms with E-state index in [0.717, 1.165) is 41.4 Å². The second kappa shape index (κ2) is 5.83. The van der Waals surface area contributed by atoms with Gasteiger partial charge in [-0.15, -0.1) is 0 Å². The van der Waals surface area contributed by atoms with E-state index in [-0.39, 0.29) is 0 Å². The predicted molar refractivity (Wildman–Crippen MR) is 80.5 cm³/mol. The quantitative estimate of drug-likeness (QED) is 0.904. The van der Waals surface area contributed by atoms with E-state index in [1.807, 2.05) is 6.92 Å². The van der Waals surface area contributed by atoms with Crippen molar-refractivity contribution in [1.29, 1.82) is 0 Å². The average Bonchev–Trinajstić information content (AvgIpc) is 2.44. The van der Waals surface area contributed by atoms with Crippen molar-refractivity contribution in [3.8, 4) is 11.4 Å². The molecule has 100 valence electrons. The number of aromatic nitrogens is 2. The van der Waals surface area contributed by atoms with E-state index in [9.17, 15) is 0 Å². The van der Waals surface area contributed by atoms with Crippen LogP contribution in [0.15, 0.2) is 24.3 Å². The Morgan fingerprint density at radius 1 is 1.00 bits per heavy atom. The van der Waals surface area contributed by atoms with E-state index < -0.39 is 0 Å². The van der Waals surface area contributed by atoms with Crippen LogP contribution in [0.2, 0.25) is 0 Å². The maximum absolute atomic E-state index is 4.63. The molecule has 3 heteroatoms. The lowest BCUT2D eigenvalue weighted by molar-refractivity contribution is 1.04. The third kappa shape index (κ3) is 2.92. The lowest BCUT2D eigenvalue weighted by atomic mass is 10.1. The van der Waals surface area contributed by atoms with Gasteiger partial charge in [-0.3, -0.25) is 0 Å². The summed E-state index contributed by atoms with van der Waals surface area (Å²) in [5.74, 6) is 1.73. The summed E-state index contributed by atoms with van der Waals surface area (Å²) in [6.45, 7) is 9.18. The average molecular weight is 255 g/mol. The Kier molecular flexibility index (Phi) is 4.15. The fraction of sp³-hybridized carbons (Fsp3) is 0.375. The van der Waals surface area contributed by atoms with Gasteiger partial charge in [0.05, 0.1) is 0 Å². The van der Waals surface area contributed by atoms with Crippen LogP contribution in [-0.4, -0.2) is 16.5 Å². The number of nitrogens with zero attached hydrogens (tertiary/aromatic N) is 2. The Morgan fingerprint density at radius 2 is 1.68 bits per heavy atom. The van der Waals surface area contributed by atoms with Gasteiger partial charge in [-0.2, -0.15) is 0 Å². The molecular formula is C16H21N3. The molecular weight excluding hydrogens is 234 g/mol. The first-order valence-corrected chi connectivity index (χ1v) is 6.84. The van der Waals surface area contributed by atoms with Crippen molar-refractivity contribution in [3.05, 3.63) is 41.1 Å². The third-order valence-corrected chi connectivity index (χ3v) is 3.35. The first kappa shape index (κ1) is 13.5. The second-order valence-electron chi connectivity index (χ2n) is 4.69. The normalized spacial score (nSPS) is 10.5. The molecule has 0 atom stereocenters. The Labute approximate surface area is 115 Å². The minimum absolute atomic E-state index is 0.793. The van der Waals surface area contributed by atoms with Gasteiger partial charge in [-0.05, 0) is 32.8 Å². The van der Waals surface area contributed by atoms with Crippen molar-refractivity contribution in [2.75, 3.05) is 11.9 Å². The summed E-state index contributed by atoms with van der Waals surface area (Å²) in [4.78, 5) is 9.22. The first-order chi connectivity index (χ1) is 9.15. The lowest BCUT2D eigenvalue weighted by Crippen LogP contribution is -2.06. The lowest BCUT2D eigenvalue weighted by Gasteiger charge is -2.11. The van der Waals surface area contributed by atoms with Gasteiger partial charge in [0, 0.05) is 23.4 Å². The van der Waals surface area contributed by atoms with Crippen molar-refractivity contribution in [1.82, 2.24) is 9.97 Å². The van der Waals surface area contributed by atoms with Crippen LogP contribution >= 0.6 is 0 Å². The number of anilines is 1. The molecule has 19 heavy (non-hydrogen) atoms. The molecule has 0 unspecified atom stereocenters. The van der Waals surface area contributed by atoms with Crippen LogP contribution in [0.3, 0.4) is 0 Å². The fourth-order valence-electron chi connectivity index (χ4n) is 1.99. The zero-order valence-corrected chi connectivity index (χ0v) is 12.1. The highest BCUT2D eigenvalue weighted by Crippen LogP contribution is 2.22. The van der Waals surface area contributed by atoms with E-state index in [4.69, 9.17) is 0 Å². The fourth-order valence-corrected chi connectivity index (χ4v) is 1.99. The minimum atomic E-state index is 0.793. The molecule has 1 aromatic carbocycles. The van der Waals surface area contributed by atoms with Gasteiger partial charge in [-0.1, -0.05) is 31.2 Å². The number of hydrogen-bond donors (Lipinski definition) is 1. The largest absolute Gasteiger partial charge is 0.370 e. The summed E-state index contributed by atoms with van der Waals surface area (Å²) in [5.41, 5.74) is 4.55. The maximum Gasteiger partial charge on any atom is 0.161 e. The SMILES string of the molecule is CCNc1nc(-c2ccc(CC)cc2)nc(C)c1C. The first-order valence-electron chi connectivity index (χ1n) is 6.84. The van der Waals surface area contributed by atoms with Crippen LogP contribution in [0.4, 0.5) is 5.82 Å². The molecule has 0 radical (unpaired) electrons. The van der Waals surface area contributed by atoms with E-state index >= 15 is 0 Å². The number of hydrogen-bond acceptors (Lipinski definition) is 3. The van der Waals surface area contributed by atoms with Crippen LogP contribution in [0.1, 0.15) is 30.7 Å². The molecule has 0 aliphatic rings. The Balaban J connectivity index is 2.43. The molecule has 1 aromatic heterocycles. The monoisotopic (exact) mass is 255 g/mol. The van der Waals surface area contributed by atoms with Crippen LogP contribution < -0.4 is 5.32 Å². The molecule has 0 fully saturated rings. The molecule has 3 nitrogen and oxygen atoms in total. The standard InChI is InChI=1S/C16H21N3/c1-5-13-7-9-14(10-8-13)16-18-12(4)11(3)15(19-16)17-6-2/h7-10H,5-6H2,1-4H3,(H,17,18,19). The predicted octanol–water partition coefficient (Wildman–Crippen LogP) is 3.75. The van der Waals surface area contributed by atoms with Crippen molar-refractivity contribution in [3.63, 3.8) is 0 Å². The van der Waals surface area contributed by atoms with Crippen LogP contribution in [-0.2, 0) is 6.42 Å². The van der Waals surface area contributed by atoms with Crippen molar-refractivity contribution in [2.45, 2.75) is 34.1 Å². The highest BCUT2D eigenvalue weighted by molar-refractivity contribution is 5.60. The van der Waals surface area contributed by atoms with Gasteiger partial charge in [-0.25, -0.2) is 9.97 Å². The van der Waals surface area contributed by atoms with Crippen LogP contribution in [0, 0.1) is 13.8 Å². The Hall–Kier alpha value is -1.90. The topological polar surface area (TPSA) is 37.8 Å². The number of rotatable bonds is 4. The van der Waals surface area contributed by atoms with Crippen molar-refractivity contribution >= 4 is 5.82 Å². The summed E-state index contributed by atoms with van der Waals surface area (Å²) in [6, 6.07) is 8.47. The number of benzene rings is 1. The Bertz CT molecular complexity index is 559. The smallest absolute Gasteiger partial charge is 0.161 e. The zero-order valence-electron chi connectivity index (χ0n) is 12.1. The molecule has 2 aromatic rings. The molecule has 0 spiro atoms. The summed E-state index contributed by atoms with van der Waals surface area (Å²) in [5, 5.41) is 3.30. The van der Waals surface area contributed by atoms with Crippen LogP contribution in [0.25, 0.3) is 11.4 Å². The third-order valence-electron chi connectivity index (χ3n) is 3.35. The highest BCUT2D eigenvalue weighted by Gasteiger charge is 2.08. The van der Waals surface area contributed by atoms with Gasteiger partial charge in [0.1, 0.15) is 5.82 Å². The van der Waals surface area contributed by atoms with Gasteiger partial charge in [0.2, 0.25) is 0 Å². The molecule has 0 aliphatic heterocycles. The molecule has 0 saturated heterocycles. The number of aryl methyl sites for hydroxylation is 2. The van der Waals surface area contributed by atoms with E-state index in [2.05, 4.69) is 60.3 Å². The molecule has 2 rings (SSSR count). The Morgan fingerprint density at radius 3 is 2.26 bits per heavy atom. The maximum atomic E-state index is 4.63. The van der Waals surface area contributed by atoms with E-state index in [1.165, 1.54) is 5.56 Å². The summed E-state index contributed by atoms with van der Waals surface area (Å²) >= 11 is 0. The summed E-state index contributed by atoms with van der Waals surface area (Å²) in [7, 11) is 0. The van der Waals surface area contributed by atoms with E-state index in [0.29, 0.717) is 0 Å².